The maximum absolute atomic E-state index is 5.30. The Morgan fingerprint density at radius 3 is 2.71 bits per heavy atom. The number of hydrogen-bond donors (Lipinski definition) is 0. The SMILES string of the molecule is COn1cc(Cn2cnnc2)c2ccccc21. The molecule has 86 valence electrons. The van der Waals surface area contributed by atoms with Crippen LogP contribution in [-0.2, 0) is 6.54 Å². The van der Waals surface area contributed by atoms with E-state index in [0.29, 0.717) is 0 Å². The molecule has 0 bridgehead atoms. The molecule has 0 aliphatic rings. The molecular weight excluding hydrogens is 216 g/mol. The minimum atomic E-state index is 0.740. The van der Waals surface area contributed by atoms with E-state index >= 15 is 0 Å². The first-order valence-corrected chi connectivity index (χ1v) is 5.34. The number of rotatable bonds is 3. The van der Waals surface area contributed by atoms with Gasteiger partial charge in [0.1, 0.15) is 19.8 Å². The summed E-state index contributed by atoms with van der Waals surface area (Å²) < 4.78 is 3.71. The van der Waals surface area contributed by atoms with Crippen LogP contribution in [0.2, 0.25) is 0 Å². The van der Waals surface area contributed by atoms with Gasteiger partial charge in [0.2, 0.25) is 0 Å². The highest BCUT2D eigenvalue weighted by Gasteiger charge is 2.08. The van der Waals surface area contributed by atoms with Crippen molar-refractivity contribution in [2.75, 3.05) is 7.11 Å². The monoisotopic (exact) mass is 228 g/mol. The maximum Gasteiger partial charge on any atom is 0.119 e. The van der Waals surface area contributed by atoms with E-state index in [4.69, 9.17) is 4.84 Å². The van der Waals surface area contributed by atoms with E-state index in [9.17, 15) is 0 Å². The molecule has 3 aromatic rings. The third kappa shape index (κ3) is 1.65. The van der Waals surface area contributed by atoms with Gasteiger partial charge in [-0.25, -0.2) is 0 Å². The van der Waals surface area contributed by atoms with E-state index in [1.165, 1.54) is 10.9 Å². The van der Waals surface area contributed by atoms with Crippen LogP contribution >= 0.6 is 0 Å². The molecule has 3 rings (SSSR count). The molecule has 5 nitrogen and oxygen atoms in total. The van der Waals surface area contributed by atoms with Crippen molar-refractivity contribution in [2.24, 2.45) is 0 Å². The molecule has 2 heterocycles. The predicted octanol–water partition coefficient (Wildman–Crippen LogP) is 1.34. The van der Waals surface area contributed by atoms with Gasteiger partial charge in [-0.2, -0.15) is 4.73 Å². The number of para-hydroxylation sites is 1. The molecular formula is C12H12N4O. The van der Waals surface area contributed by atoms with Crippen molar-refractivity contribution in [3.05, 3.63) is 48.7 Å². The van der Waals surface area contributed by atoms with E-state index in [-0.39, 0.29) is 0 Å². The van der Waals surface area contributed by atoms with Gasteiger partial charge in [0.05, 0.1) is 12.1 Å². The highest BCUT2D eigenvalue weighted by molar-refractivity contribution is 5.83. The van der Waals surface area contributed by atoms with Crippen molar-refractivity contribution in [3.8, 4) is 0 Å². The Balaban J connectivity index is 2.10. The average Bonchev–Trinajstić information content (AvgIpc) is 2.98. The first-order valence-electron chi connectivity index (χ1n) is 5.34. The fourth-order valence-corrected chi connectivity index (χ4v) is 2.00. The number of benzene rings is 1. The summed E-state index contributed by atoms with van der Waals surface area (Å²) in [5.74, 6) is 0. The van der Waals surface area contributed by atoms with E-state index in [1.54, 1.807) is 24.5 Å². The highest BCUT2D eigenvalue weighted by atomic mass is 16.6. The van der Waals surface area contributed by atoms with Crippen molar-refractivity contribution >= 4 is 10.9 Å². The van der Waals surface area contributed by atoms with Crippen molar-refractivity contribution in [3.63, 3.8) is 0 Å². The number of hydrogen-bond acceptors (Lipinski definition) is 3. The molecule has 0 radical (unpaired) electrons. The number of aromatic nitrogens is 4. The Hall–Kier alpha value is -2.30. The molecule has 0 saturated heterocycles. The summed E-state index contributed by atoms with van der Waals surface area (Å²) in [6, 6.07) is 8.15. The second-order valence-electron chi connectivity index (χ2n) is 3.81. The second kappa shape index (κ2) is 3.93. The molecule has 0 N–H and O–H groups in total. The first kappa shape index (κ1) is 9.89. The zero-order valence-corrected chi connectivity index (χ0v) is 9.45. The fourth-order valence-electron chi connectivity index (χ4n) is 2.00. The summed E-state index contributed by atoms with van der Waals surface area (Å²) in [7, 11) is 1.66. The van der Waals surface area contributed by atoms with Crippen LogP contribution in [0.1, 0.15) is 5.56 Å². The Kier molecular flexibility index (Phi) is 2.29. The third-order valence-corrected chi connectivity index (χ3v) is 2.78. The zero-order chi connectivity index (χ0) is 11.7. The molecule has 17 heavy (non-hydrogen) atoms. The Morgan fingerprint density at radius 2 is 1.94 bits per heavy atom. The van der Waals surface area contributed by atoms with Gasteiger partial charge in [-0.05, 0) is 6.07 Å². The van der Waals surface area contributed by atoms with Crippen LogP contribution in [0.4, 0.5) is 0 Å². The molecule has 0 unspecified atom stereocenters. The van der Waals surface area contributed by atoms with E-state index in [2.05, 4.69) is 16.3 Å². The van der Waals surface area contributed by atoms with Gasteiger partial charge in [0.15, 0.2) is 0 Å². The topological polar surface area (TPSA) is 44.9 Å². The van der Waals surface area contributed by atoms with Gasteiger partial charge in [-0.1, -0.05) is 18.2 Å². The third-order valence-electron chi connectivity index (χ3n) is 2.78. The van der Waals surface area contributed by atoms with Crippen LogP contribution in [0, 0.1) is 0 Å². The van der Waals surface area contributed by atoms with Crippen LogP contribution in [0.25, 0.3) is 10.9 Å². The van der Waals surface area contributed by atoms with Crippen LogP contribution in [0.3, 0.4) is 0 Å². The minimum absolute atomic E-state index is 0.740. The smallest absolute Gasteiger partial charge is 0.119 e. The normalized spacial score (nSPS) is 10.9. The summed E-state index contributed by atoms with van der Waals surface area (Å²) in [4.78, 5) is 5.30. The lowest BCUT2D eigenvalue weighted by atomic mass is 10.2. The lowest BCUT2D eigenvalue weighted by Crippen LogP contribution is -2.03. The largest absolute Gasteiger partial charge is 0.417 e. The molecule has 5 heteroatoms. The molecule has 0 spiro atoms. The molecule has 0 saturated carbocycles. The van der Waals surface area contributed by atoms with Gasteiger partial charge in [0.25, 0.3) is 0 Å². The number of fused-ring (bicyclic) bond motifs is 1. The zero-order valence-electron chi connectivity index (χ0n) is 9.45. The minimum Gasteiger partial charge on any atom is -0.417 e. The van der Waals surface area contributed by atoms with Crippen LogP contribution in [0.5, 0.6) is 0 Å². The van der Waals surface area contributed by atoms with Crippen LogP contribution in [0.15, 0.2) is 43.1 Å². The van der Waals surface area contributed by atoms with Crippen molar-refractivity contribution < 1.29 is 4.84 Å². The molecule has 0 atom stereocenters. The summed E-state index contributed by atoms with van der Waals surface area (Å²) >= 11 is 0. The molecule has 2 aromatic heterocycles. The van der Waals surface area contributed by atoms with Gasteiger partial charge in [-0.3, -0.25) is 0 Å². The second-order valence-corrected chi connectivity index (χ2v) is 3.81. The van der Waals surface area contributed by atoms with Crippen molar-refractivity contribution in [1.29, 1.82) is 0 Å². The lowest BCUT2D eigenvalue weighted by molar-refractivity contribution is 0.179. The van der Waals surface area contributed by atoms with Gasteiger partial charge < -0.3 is 9.40 Å². The Bertz CT molecular complexity index is 627. The summed E-state index contributed by atoms with van der Waals surface area (Å²) in [6.07, 6.45) is 5.41. The lowest BCUT2D eigenvalue weighted by Gasteiger charge is -2.00. The van der Waals surface area contributed by atoms with E-state index < -0.39 is 0 Å². The van der Waals surface area contributed by atoms with Gasteiger partial charge in [-0.15, -0.1) is 10.2 Å². The quantitative estimate of drug-likeness (QED) is 0.679. The molecule has 1 aromatic carbocycles. The average molecular weight is 228 g/mol. The highest BCUT2D eigenvalue weighted by Crippen LogP contribution is 2.20. The maximum atomic E-state index is 5.30. The molecule has 0 fully saturated rings. The molecule has 0 aliphatic heterocycles. The molecule has 0 amide bonds. The first-order chi connectivity index (χ1) is 8.38. The Morgan fingerprint density at radius 1 is 1.18 bits per heavy atom. The predicted molar refractivity (Wildman–Crippen MR) is 63.6 cm³/mol. The number of nitrogens with zero attached hydrogens (tertiary/aromatic N) is 4. The van der Waals surface area contributed by atoms with Gasteiger partial charge in [0, 0.05) is 17.1 Å². The van der Waals surface area contributed by atoms with Crippen LogP contribution in [-0.4, -0.2) is 26.6 Å². The van der Waals surface area contributed by atoms with Crippen molar-refractivity contribution in [2.45, 2.75) is 6.54 Å². The van der Waals surface area contributed by atoms with E-state index in [1.807, 2.05) is 29.0 Å². The summed E-state index contributed by atoms with van der Waals surface area (Å²) in [5, 5.41) is 8.78. The van der Waals surface area contributed by atoms with Crippen LogP contribution < -0.4 is 4.84 Å². The van der Waals surface area contributed by atoms with Crippen molar-refractivity contribution in [1.82, 2.24) is 19.5 Å². The standard InChI is InChI=1S/C12H12N4O/c1-17-16-7-10(6-15-8-13-14-9-15)11-4-2-3-5-12(11)16/h2-5,7-9H,6H2,1H3. The summed E-state index contributed by atoms with van der Waals surface area (Å²) in [6.45, 7) is 0.740. The summed E-state index contributed by atoms with van der Waals surface area (Å²) in [5.41, 5.74) is 2.25. The van der Waals surface area contributed by atoms with Gasteiger partial charge >= 0.3 is 0 Å². The van der Waals surface area contributed by atoms with E-state index in [0.717, 1.165) is 12.1 Å². The fraction of sp³-hybridized carbons (Fsp3) is 0.167. The Labute approximate surface area is 98.2 Å². The molecule has 0 aliphatic carbocycles.